The SMILES string of the molecule is OC1(c2cc(C(F)(F)F)ccc2Cl)CCC1. The number of aliphatic hydroxyl groups is 1. The van der Waals surface area contributed by atoms with E-state index >= 15 is 0 Å². The lowest BCUT2D eigenvalue weighted by molar-refractivity contribution is -0.137. The molecule has 0 atom stereocenters. The number of benzene rings is 1. The van der Waals surface area contributed by atoms with Crippen LogP contribution in [-0.2, 0) is 11.8 Å². The summed E-state index contributed by atoms with van der Waals surface area (Å²) in [6.45, 7) is 0. The second-order valence-corrected chi connectivity index (χ2v) is 4.48. The molecule has 0 unspecified atom stereocenters. The van der Waals surface area contributed by atoms with Gasteiger partial charge < -0.3 is 5.11 Å². The summed E-state index contributed by atoms with van der Waals surface area (Å²) in [6.07, 6.45) is -2.66. The van der Waals surface area contributed by atoms with Crippen LogP contribution in [0.5, 0.6) is 0 Å². The smallest absolute Gasteiger partial charge is 0.385 e. The van der Waals surface area contributed by atoms with Gasteiger partial charge in [0.15, 0.2) is 0 Å². The summed E-state index contributed by atoms with van der Waals surface area (Å²) < 4.78 is 37.5. The Balaban J connectivity index is 2.45. The Morgan fingerprint density at radius 1 is 1.25 bits per heavy atom. The van der Waals surface area contributed by atoms with Gasteiger partial charge in [0.2, 0.25) is 0 Å². The van der Waals surface area contributed by atoms with Crippen LogP contribution in [0.15, 0.2) is 18.2 Å². The van der Waals surface area contributed by atoms with E-state index in [4.69, 9.17) is 11.6 Å². The van der Waals surface area contributed by atoms with Crippen molar-refractivity contribution in [2.24, 2.45) is 0 Å². The minimum Gasteiger partial charge on any atom is -0.385 e. The molecular formula is C11H10ClF3O. The van der Waals surface area contributed by atoms with Crippen molar-refractivity contribution in [3.05, 3.63) is 34.3 Å². The molecule has 1 aromatic carbocycles. The largest absolute Gasteiger partial charge is 0.416 e. The minimum atomic E-state index is -4.40. The third-order valence-corrected chi connectivity index (χ3v) is 3.31. The summed E-state index contributed by atoms with van der Waals surface area (Å²) in [7, 11) is 0. The number of alkyl halides is 3. The zero-order chi connectivity index (χ0) is 12.0. The number of hydrogen-bond donors (Lipinski definition) is 1. The Kier molecular flexibility index (Phi) is 2.67. The van der Waals surface area contributed by atoms with E-state index in [1.165, 1.54) is 6.07 Å². The molecule has 1 saturated carbocycles. The van der Waals surface area contributed by atoms with Gasteiger partial charge in [0, 0.05) is 10.6 Å². The molecule has 16 heavy (non-hydrogen) atoms. The number of rotatable bonds is 1. The summed E-state index contributed by atoms with van der Waals surface area (Å²) in [5, 5.41) is 10.2. The molecule has 1 fully saturated rings. The van der Waals surface area contributed by atoms with Crippen LogP contribution in [0.1, 0.15) is 30.4 Å². The van der Waals surface area contributed by atoms with Crippen molar-refractivity contribution in [2.75, 3.05) is 0 Å². The highest BCUT2D eigenvalue weighted by Gasteiger charge is 2.40. The van der Waals surface area contributed by atoms with Crippen LogP contribution in [0.2, 0.25) is 5.02 Å². The van der Waals surface area contributed by atoms with E-state index < -0.39 is 17.3 Å². The normalized spacial score (nSPS) is 19.3. The Morgan fingerprint density at radius 3 is 2.31 bits per heavy atom. The van der Waals surface area contributed by atoms with E-state index in [1.807, 2.05) is 0 Å². The Morgan fingerprint density at radius 2 is 1.88 bits per heavy atom. The molecule has 0 aromatic heterocycles. The van der Waals surface area contributed by atoms with E-state index in [9.17, 15) is 18.3 Å². The summed E-state index contributed by atoms with van der Waals surface area (Å²) in [5.74, 6) is 0. The molecule has 88 valence electrons. The molecule has 1 aromatic rings. The van der Waals surface area contributed by atoms with Crippen molar-refractivity contribution < 1.29 is 18.3 Å². The van der Waals surface area contributed by atoms with Gasteiger partial charge in [-0.2, -0.15) is 13.2 Å². The van der Waals surface area contributed by atoms with Gasteiger partial charge in [-0.1, -0.05) is 11.6 Å². The highest BCUT2D eigenvalue weighted by atomic mass is 35.5. The Bertz CT molecular complexity index is 410. The average Bonchev–Trinajstić information content (AvgIpc) is 2.13. The van der Waals surface area contributed by atoms with E-state index in [0.717, 1.165) is 18.6 Å². The van der Waals surface area contributed by atoms with Crippen LogP contribution in [-0.4, -0.2) is 5.11 Å². The standard InChI is InChI=1S/C11H10ClF3O/c12-9-3-2-7(11(13,14)15)6-8(9)10(16)4-1-5-10/h2-3,6,16H,1,4-5H2. The van der Waals surface area contributed by atoms with Crippen LogP contribution in [0.25, 0.3) is 0 Å². The van der Waals surface area contributed by atoms with Gasteiger partial charge in [-0.05, 0) is 37.5 Å². The molecule has 1 nitrogen and oxygen atoms in total. The molecule has 0 radical (unpaired) electrons. The third kappa shape index (κ3) is 1.92. The van der Waals surface area contributed by atoms with E-state index in [2.05, 4.69) is 0 Å². The highest BCUT2D eigenvalue weighted by molar-refractivity contribution is 6.31. The maximum atomic E-state index is 12.5. The molecule has 0 spiro atoms. The first-order chi connectivity index (χ1) is 7.33. The van der Waals surface area contributed by atoms with Gasteiger partial charge >= 0.3 is 6.18 Å². The van der Waals surface area contributed by atoms with Crippen LogP contribution in [0.3, 0.4) is 0 Å². The molecule has 1 aliphatic rings. The zero-order valence-corrected chi connectivity index (χ0v) is 9.07. The predicted molar refractivity (Wildman–Crippen MR) is 54.2 cm³/mol. The van der Waals surface area contributed by atoms with Crippen LogP contribution in [0, 0.1) is 0 Å². The quantitative estimate of drug-likeness (QED) is 0.805. The van der Waals surface area contributed by atoms with Gasteiger partial charge in [0.1, 0.15) is 0 Å². The first kappa shape index (κ1) is 11.7. The van der Waals surface area contributed by atoms with Crippen LogP contribution >= 0.6 is 11.6 Å². The first-order valence-corrected chi connectivity index (χ1v) is 5.30. The lowest BCUT2D eigenvalue weighted by Gasteiger charge is -2.37. The van der Waals surface area contributed by atoms with Crippen molar-refractivity contribution in [1.82, 2.24) is 0 Å². The van der Waals surface area contributed by atoms with Gasteiger partial charge in [-0.3, -0.25) is 0 Å². The van der Waals surface area contributed by atoms with Crippen molar-refractivity contribution in [3.8, 4) is 0 Å². The Hall–Kier alpha value is -0.740. The van der Waals surface area contributed by atoms with Crippen molar-refractivity contribution >= 4 is 11.6 Å². The minimum absolute atomic E-state index is 0.190. The summed E-state index contributed by atoms with van der Waals surface area (Å²) in [4.78, 5) is 0. The number of halogens is 4. The van der Waals surface area contributed by atoms with Crippen molar-refractivity contribution in [1.29, 1.82) is 0 Å². The second-order valence-electron chi connectivity index (χ2n) is 4.08. The fraction of sp³-hybridized carbons (Fsp3) is 0.455. The third-order valence-electron chi connectivity index (χ3n) is 2.98. The summed E-state index contributed by atoms with van der Waals surface area (Å²) in [5.41, 5.74) is -1.75. The van der Waals surface area contributed by atoms with E-state index in [0.29, 0.717) is 12.8 Å². The highest BCUT2D eigenvalue weighted by Crippen LogP contribution is 2.45. The lowest BCUT2D eigenvalue weighted by Crippen LogP contribution is -2.34. The molecule has 1 N–H and O–H groups in total. The number of hydrogen-bond acceptors (Lipinski definition) is 1. The van der Waals surface area contributed by atoms with Gasteiger partial charge in [0.05, 0.1) is 11.2 Å². The molecule has 5 heteroatoms. The summed E-state index contributed by atoms with van der Waals surface area (Å²) in [6, 6.07) is 3.06. The van der Waals surface area contributed by atoms with E-state index in [1.54, 1.807) is 0 Å². The van der Waals surface area contributed by atoms with Crippen molar-refractivity contribution in [2.45, 2.75) is 31.0 Å². The summed E-state index contributed by atoms with van der Waals surface area (Å²) >= 11 is 5.82. The monoisotopic (exact) mass is 250 g/mol. The van der Waals surface area contributed by atoms with E-state index in [-0.39, 0.29) is 10.6 Å². The maximum Gasteiger partial charge on any atom is 0.416 e. The Labute approximate surface area is 95.8 Å². The molecule has 2 rings (SSSR count). The second kappa shape index (κ2) is 3.64. The molecule has 0 amide bonds. The first-order valence-electron chi connectivity index (χ1n) is 4.92. The lowest BCUT2D eigenvalue weighted by atomic mass is 9.75. The molecule has 0 aliphatic heterocycles. The molecule has 0 saturated heterocycles. The van der Waals surface area contributed by atoms with Gasteiger partial charge in [-0.15, -0.1) is 0 Å². The molecule has 1 aliphatic carbocycles. The maximum absolute atomic E-state index is 12.5. The van der Waals surface area contributed by atoms with Gasteiger partial charge in [-0.25, -0.2) is 0 Å². The fourth-order valence-electron chi connectivity index (χ4n) is 1.84. The predicted octanol–water partition coefficient (Wildman–Crippen LogP) is 3.73. The topological polar surface area (TPSA) is 20.2 Å². The molecule has 0 bridgehead atoms. The molecular weight excluding hydrogens is 241 g/mol. The van der Waals surface area contributed by atoms with Crippen molar-refractivity contribution in [3.63, 3.8) is 0 Å². The molecule has 0 heterocycles. The van der Waals surface area contributed by atoms with Crippen LogP contribution in [0.4, 0.5) is 13.2 Å². The fourth-order valence-corrected chi connectivity index (χ4v) is 2.13. The average molecular weight is 251 g/mol. The zero-order valence-electron chi connectivity index (χ0n) is 8.31. The van der Waals surface area contributed by atoms with Gasteiger partial charge in [0.25, 0.3) is 0 Å². The van der Waals surface area contributed by atoms with Crippen LogP contribution < -0.4 is 0 Å².